The van der Waals surface area contributed by atoms with Gasteiger partial charge in [0.2, 0.25) is 0 Å². The van der Waals surface area contributed by atoms with Crippen molar-refractivity contribution in [1.82, 2.24) is 4.57 Å². The van der Waals surface area contributed by atoms with Gasteiger partial charge in [0, 0.05) is 38.8 Å². The summed E-state index contributed by atoms with van der Waals surface area (Å²) in [4.78, 5) is 2.38. The summed E-state index contributed by atoms with van der Waals surface area (Å²) in [6, 6.07) is 87.6. The lowest BCUT2D eigenvalue weighted by atomic mass is 9.97. The Labute approximate surface area is 376 Å². The van der Waals surface area contributed by atoms with Crippen molar-refractivity contribution in [2.45, 2.75) is 0 Å². The highest BCUT2D eigenvalue weighted by molar-refractivity contribution is 6.17. The van der Waals surface area contributed by atoms with E-state index in [-0.39, 0.29) is 0 Å². The molecule has 0 fully saturated rings. The number of nitrogens with zero attached hydrogens (tertiary/aromatic N) is 2. The predicted molar refractivity (Wildman–Crippen MR) is 274 cm³/mol. The number of hydrogen-bond donors (Lipinski definition) is 0. The largest absolute Gasteiger partial charge is 0.455 e. The summed E-state index contributed by atoms with van der Waals surface area (Å²) in [6.45, 7) is 0. The Balaban J connectivity index is 0.971. The van der Waals surface area contributed by atoms with E-state index in [1.807, 2.05) is 0 Å². The van der Waals surface area contributed by atoms with Crippen LogP contribution in [0.1, 0.15) is 0 Å². The van der Waals surface area contributed by atoms with E-state index in [2.05, 4.69) is 252 Å². The molecule has 304 valence electrons. The molecule has 0 atom stereocenters. The molecule has 13 aromatic rings. The molecule has 0 aliphatic heterocycles. The molecule has 0 unspecified atom stereocenters. The SMILES string of the molecule is c1ccc(-c2ccc(N(c3ccc(-c4ccc5c(ccc6ccccc65)c4)cc3)c3ccc(-c4cccc(-n5c6ccccc6c6ccccc65)c4)c4oc5ccccc5c34)cc2)cc1. The Morgan fingerprint density at radius 2 is 0.892 bits per heavy atom. The standard InChI is InChI=1S/C62H40N2O/c1-2-13-41(14-3-1)42-27-32-48(33-28-42)63(49-34-29-43(30-35-49)45-31-36-52-47(39-45)26-25-44-15-4-5-18-51(44)52)59-38-37-53(62-61(59)56-21-8-11-24-60(56)65-62)46-16-12-17-50(40-46)64-57-22-9-6-19-54(57)55-20-7-10-23-58(55)64/h1-40H. The van der Waals surface area contributed by atoms with E-state index in [1.165, 1.54) is 65.6 Å². The maximum absolute atomic E-state index is 6.95. The molecule has 11 aromatic carbocycles. The zero-order valence-electron chi connectivity index (χ0n) is 35.4. The van der Waals surface area contributed by atoms with E-state index in [9.17, 15) is 0 Å². The summed E-state index contributed by atoms with van der Waals surface area (Å²) < 4.78 is 9.33. The average molecular weight is 829 g/mol. The van der Waals surface area contributed by atoms with Crippen LogP contribution in [-0.2, 0) is 0 Å². The van der Waals surface area contributed by atoms with Gasteiger partial charge in [0.15, 0.2) is 0 Å². The van der Waals surface area contributed by atoms with Gasteiger partial charge in [-0.15, -0.1) is 0 Å². The summed E-state index contributed by atoms with van der Waals surface area (Å²) in [5.41, 5.74) is 15.2. The first-order valence-corrected chi connectivity index (χ1v) is 22.2. The number of aromatic nitrogens is 1. The van der Waals surface area contributed by atoms with Gasteiger partial charge in [0.1, 0.15) is 11.2 Å². The van der Waals surface area contributed by atoms with Gasteiger partial charge in [-0.05, 0) is 122 Å². The van der Waals surface area contributed by atoms with Crippen LogP contribution in [0.3, 0.4) is 0 Å². The summed E-state index contributed by atoms with van der Waals surface area (Å²) in [5, 5.41) is 9.67. The van der Waals surface area contributed by atoms with Crippen LogP contribution in [0.5, 0.6) is 0 Å². The van der Waals surface area contributed by atoms with Crippen LogP contribution in [0, 0.1) is 0 Å². The average Bonchev–Trinajstić information content (AvgIpc) is 3.94. The Morgan fingerprint density at radius 1 is 0.338 bits per heavy atom. The molecule has 3 heteroatoms. The highest BCUT2D eigenvalue weighted by Gasteiger charge is 2.23. The van der Waals surface area contributed by atoms with Crippen molar-refractivity contribution >= 4 is 82.4 Å². The molecular weight excluding hydrogens is 789 g/mol. The Kier molecular flexibility index (Phi) is 8.53. The highest BCUT2D eigenvalue weighted by atomic mass is 16.3. The highest BCUT2D eigenvalue weighted by Crippen LogP contribution is 2.47. The minimum absolute atomic E-state index is 0.855. The second-order valence-electron chi connectivity index (χ2n) is 16.9. The molecule has 2 heterocycles. The predicted octanol–water partition coefficient (Wildman–Crippen LogP) is 17.5. The van der Waals surface area contributed by atoms with Crippen LogP contribution in [0.4, 0.5) is 17.1 Å². The summed E-state index contributed by atoms with van der Waals surface area (Å²) in [5.74, 6) is 0. The number of rotatable bonds is 7. The fraction of sp³-hybridized carbons (Fsp3) is 0. The molecule has 0 bridgehead atoms. The first kappa shape index (κ1) is 36.9. The van der Waals surface area contributed by atoms with Gasteiger partial charge in [-0.25, -0.2) is 0 Å². The number of anilines is 3. The molecule has 13 rings (SSSR count). The van der Waals surface area contributed by atoms with Crippen molar-refractivity contribution in [3.05, 3.63) is 243 Å². The van der Waals surface area contributed by atoms with Crippen molar-refractivity contribution in [2.75, 3.05) is 4.90 Å². The normalized spacial score (nSPS) is 11.7. The first-order valence-electron chi connectivity index (χ1n) is 22.2. The molecule has 0 spiro atoms. The third kappa shape index (κ3) is 6.12. The summed E-state index contributed by atoms with van der Waals surface area (Å²) in [6.07, 6.45) is 0. The van der Waals surface area contributed by atoms with E-state index in [1.54, 1.807) is 0 Å². The summed E-state index contributed by atoms with van der Waals surface area (Å²) >= 11 is 0. The maximum atomic E-state index is 6.95. The lowest BCUT2D eigenvalue weighted by molar-refractivity contribution is 0.670. The second kappa shape index (κ2) is 15.0. The van der Waals surface area contributed by atoms with Gasteiger partial charge in [-0.3, -0.25) is 0 Å². The van der Waals surface area contributed by atoms with Crippen molar-refractivity contribution in [3.8, 4) is 39.1 Å². The molecule has 0 N–H and O–H groups in total. The van der Waals surface area contributed by atoms with E-state index in [0.717, 1.165) is 55.8 Å². The van der Waals surface area contributed by atoms with E-state index in [0.29, 0.717) is 0 Å². The van der Waals surface area contributed by atoms with E-state index in [4.69, 9.17) is 4.42 Å². The van der Waals surface area contributed by atoms with Crippen LogP contribution in [0.25, 0.3) is 104 Å². The fourth-order valence-corrected chi connectivity index (χ4v) is 10.1. The number of benzene rings is 11. The Morgan fingerprint density at radius 3 is 1.63 bits per heavy atom. The Bertz CT molecular complexity index is 3880. The molecule has 65 heavy (non-hydrogen) atoms. The van der Waals surface area contributed by atoms with Crippen LogP contribution < -0.4 is 4.90 Å². The monoisotopic (exact) mass is 828 g/mol. The van der Waals surface area contributed by atoms with Crippen LogP contribution in [-0.4, -0.2) is 4.57 Å². The van der Waals surface area contributed by atoms with Crippen molar-refractivity contribution in [1.29, 1.82) is 0 Å². The van der Waals surface area contributed by atoms with Crippen LogP contribution in [0.2, 0.25) is 0 Å². The molecular formula is C62H40N2O. The van der Waals surface area contributed by atoms with Gasteiger partial charge in [-0.1, -0.05) is 170 Å². The Hall–Kier alpha value is -8.66. The molecule has 0 aliphatic rings. The summed E-state index contributed by atoms with van der Waals surface area (Å²) in [7, 11) is 0. The molecule has 0 aliphatic carbocycles. The lowest BCUT2D eigenvalue weighted by Gasteiger charge is -2.27. The first-order chi connectivity index (χ1) is 32.2. The molecule has 0 amide bonds. The van der Waals surface area contributed by atoms with E-state index < -0.39 is 0 Å². The van der Waals surface area contributed by atoms with E-state index >= 15 is 0 Å². The molecule has 0 radical (unpaired) electrons. The number of para-hydroxylation sites is 3. The van der Waals surface area contributed by atoms with Gasteiger partial charge in [0.25, 0.3) is 0 Å². The second-order valence-corrected chi connectivity index (χ2v) is 16.9. The number of furan rings is 1. The smallest absolute Gasteiger partial charge is 0.145 e. The third-order valence-electron chi connectivity index (χ3n) is 13.2. The molecule has 2 aromatic heterocycles. The fourth-order valence-electron chi connectivity index (χ4n) is 10.1. The lowest BCUT2D eigenvalue weighted by Crippen LogP contribution is -2.10. The number of hydrogen-bond acceptors (Lipinski definition) is 2. The van der Waals surface area contributed by atoms with Gasteiger partial charge in [0.05, 0.1) is 22.1 Å². The molecule has 0 saturated carbocycles. The zero-order valence-corrected chi connectivity index (χ0v) is 35.4. The van der Waals surface area contributed by atoms with Crippen molar-refractivity contribution in [2.24, 2.45) is 0 Å². The van der Waals surface area contributed by atoms with Crippen LogP contribution >= 0.6 is 0 Å². The maximum Gasteiger partial charge on any atom is 0.145 e. The molecule has 3 nitrogen and oxygen atoms in total. The molecule has 0 saturated heterocycles. The van der Waals surface area contributed by atoms with Crippen molar-refractivity contribution < 1.29 is 4.42 Å². The minimum Gasteiger partial charge on any atom is -0.455 e. The van der Waals surface area contributed by atoms with Crippen LogP contribution in [0.15, 0.2) is 247 Å². The quantitative estimate of drug-likeness (QED) is 0.149. The van der Waals surface area contributed by atoms with Crippen molar-refractivity contribution in [3.63, 3.8) is 0 Å². The van der Waals surface area contributed by atoms with Gasteiger partial charge < -0.3 is 13.9 Å². The van der Waals surface area contributed by atoms with Gasteiger partial charge >= 0.3 is 0 Å². The minimum atomic E-state index is 0.855. The topological polar surface area (TPSA) is 21.3 Å². The zero-order chi connectivity index (χ0) is 42.8. The number of fused-ring (bicyclic) bond motifs is 9. The third-order valence-corrected chi connectivity index (χ3v) is 13.2. The van der Waals surface area contributed by atoms with Gasteiger partial charge in [-0.2, -0.15) is 0 Å².